The first-order valence-electron chi connectivity index (χ1n) is 8.10. The first kappa shape index (κ1) is 16.2. The highest BCUT2D eigenvalue weighted by molar-refractivity contribution is 5.95. The topological polar surface area (TPSA) is 84.2 Å². The lowest BCUT2D eigenvalue weighted by atomic mass is 10.1. The number of hydrogen-bond donors (Lipinski definition) is 2. The number of aliphatic carboxylic acids is 1. The van der Waals surface area contributed by atoms with Crippen LogP contribution in [-0.4, -0.2) is 32.8 Å². The molecule has 1 atom stereocenters. The van der Waals surface area contributed by atoms with Crippen LogP contribution in [0.4, 0.5) is 0 Å². The molecule has 1 aliphatic rings. The molecule has 0 saturated heterocycles. The Morgan fingerprint density at radius 3 is 2.75 bits per heavy atom. The van der Waals surface area contributed by atoms with E-state index in [9.17, 15) is 9.59 Å². The molecule has 1 aromatic heterocycles. The van der Waals surface area contributed by atoms with Crippen molar-refractivity contribution in [1.82, 2.24) is 15.1 Å². The van der Waals surface area contributed by atoms with Crippen LogP contribution >= 0.6 is 0 Å². The van der Waals surface area contributed by atoms with Crippen LogP contribution < -0.4 is 5.32 Å². The summed E-state index contributed by atoms with van der Waals surface area (Å²) >= 11 is 0. The second-order valence-electron chi connectivity index (χ2n) is 6.41. The number of nitrogens with one attached hydrogen (secondary N) is 1. The summed E-state index contributed by atoms with van der Waals surface area (Å²) < 4.78 is 1.73. The molecule has 1 heterocycles. The molecule has 0 spiro atoms. The van der Waals surface area contributed by atoms with E-state index in [-0.39, 0.29) is 24.3 Å². The maximum atomic E-state index is 12.5. The van der Waals surface area contributed by atoms with Crippen molar-refractivity contribution in [3.8, 4) is 5.69 Å². The van der Waals surface area contributed by atoms with Gasteiger partial charge in [0.1, 0.15) is 0 Å². The zero-order valence-corrected chi connectivity index (χ0v) is 13.8. The molecule has 24 heavy (non-hydrogen) atoms. The highest BCUT2D eigenvalue weighted by atomic mass is 16.4. The summed E-state index contributed by atoms with van der Waals surface area (Å²) in [5.41, 5.74) is 3.23. The van der Waals surface area contributed by atoms with Crippen molar-refractivity contribution in [2.75, 3.05) is 0 Å². The van der Waals surface area contributed by atoms with Crippen molar-refractivity contribution in [2.45, 2.75) is 39.2 Å². The lowest BCUT2D eigenvalue weighted by Gasteiger charge is -2.16. The van der Waals surface area contributed by atoms with Crippen LogP contribution in [0.25, 0.3) is 5.69 Å². The van der Waals surface area contributed by atoms with E-state index in [0.717, 1.165) is 29.8 Å². The summed E-state index contributed by atoms with van der Waals surface area (Å²) in [4.78, 5) is 23.5. The third-order valence-electron chi connectivity index (χ3n) is 4.40. The fourth-order valence-electron chi connectivity index (χ4n) is 2.92. The molecule has 1 saturated carbocycles. The second-order valence-corrected chi connectivity index (χ2v) is 6.41. The minimum Gasteiger partial charge on any atom is -0.481 e. The number of amides is 1. The Balaban J connectivity index is 1.79. The monoisotopic (exact) mass is 327 g/mol. The molecule has 3 rings (SSSR count). The predicted molar refractivity (Wildman–Crippen MR) is 89.3 cm³/mol. The van der Waals surface area contributed by atoms with Crippen LogP contribution in [0, 0.1) is 19.8 Å². The number of carboxylic acid groups (broad SMARTS) is 1. The summed E-state index contributed by atoms with van der Waals surface area (Å²) in [7, 11) is 0. The van der Waals surface area contributed by atoms with E-state index < -0.39 is 5.97 Å². The Morgan fingerprint density at radius 2 is 2.12 bits per heavy atom. The van der Waals surface area contributed by atoms with Crippen LogP contribution in [0.5, 0.6) is 0 Å². The second kappa shape index (κ2) is 6.47. The third kappa shape index (κ3) is 3.48. The maximum Gasteiger partial charge on any atom is 0.305 e. The van der Waals surface area contributed by atoms with Crippen molar-refractivity contribution in [3.05, 3.63) is 47.3 Å². The van der Waals surface area contributed by atoms with Gasteiger partial charge in [-0.3, -0.25) is 9.59 Å². The van der Waals surface area contributed by atoms with E-state index in [1.54, 1.807) is 4.68 Å². The van der Waals surface area contributed by atoms with Crippen LogP contribution in [0.15, 0.2) is 30.5 Å². The Morgan fingerprint density at radius 1 is 1.38 bits per heavy atom. The SMILES string of the molecule is Cc1cccc(-n2ncc(C(=O)N[C@H](CC(=O)O)C3CC3)c2C)c1. The molecule has 1 aromatic carbocycles. The smallest absolute Gasteiger partial charge is 0.305 e. The third-order valence-corrected chi connectivity index (χ3v) is 4.40. The van der Waals surface area contributed by atoms with Crippen LogP contribution in [-0.2, 0) is 4.79 Å². The molecule has 6 nitrogen and oxygen atoms in total. The average Bonchev–Trinajstić information content (AvgIpc) is 3.29. The molecule has 0 radical (unpaired) electrons. The minimum absolute atomic E-state index is 0.0402. The van der Waals surface area contributed by atoms with Gasteiger partial charge < -0.3 is 10.4 Å². The highest BCUT2D eigenvalue weighted by Crippen LogP contribution is 2.34. The predicted octanol–water partition coefficient (Wildman–Crippen LogP) is 2.47. The molecule has 1 fully saturated rings. The summed E-state index contributed by atoms with van der Waals surface area (Å²) in [6, 6.07) is 7.58. The fourth-order valence-corrected chi connectivity index (χ4v) is 2.92. The molecule has 1 amide bonds. The number of aromatic nitrogens is 2. The molecular weight excluding hydrogens is 306 g/mol. The number of hydrogen-bond acceptors (Lipinski definition) is 3. The molecular formula is C18H21N3O3. The van der Waals surface area contributed by atoms with Gasteiger partial charge in [-0.25, -0.2) is 4.68 Å². The van der Waals surface area contributed by atoms with Gasteiger partial charge in [0.2, 0.25) is 0 Å². The van der Waals surface area contributed by atoms with Crippen molar-refractivity contribution >= 4 is 11.9 Å². The molecule has 0 aliphatic heterocycles. The van der Waals surface area contributed by atoms with Gasteiger partial charge in [0.25, 0.3) is 5.91 Å². The van der Waals surface area contributed by atoms with Crippen LogP contribution in [0.1, 0.15) is 40.9 Å². The van der Waals surface area contributed by atoms with Crippen molar-refractivity contribution < 1.29 is 14.7 Å². The van der Waals surface area contributed by atoms with E-state index in [4.69, 9.17) is 5.11 Å². The number of carbonyl (C=O) groups is 2. The number of aryl methyl sites for hydroxylation is 1. The standard InChI is InChI=1S/C18H21N3O3/c1-11-4-3-5-14(8-11)21-12(2)15(10-19-21)18(24)20-16(9-17(22)23)13-6-7-13/h3-5,8,10,13,16H,6-7,9H2,1-2H3,(H,20,24)(H,22,23)/t16-/m1/s1. The lowest BCUT2D eigenvalue weighted by molar-refractivity contribution is -0.137. The molecule has 2 aromatic rings. The highest BCUT2D eigenvalue weighted by Gasteiger charge is 2.34. The summed E-state index contributed by atoms with van der Waals surface area (Å²) in [5, 5.41) is 16.2. The first-order valence-corrected chi connectivity index (χ1v) is 8.10. The first-order chi connectivity index (χ1) is 11.5. The zero-order valence-electron chi connectivity index (χ0n) is 13.8. The van der Waals surface area contributed by atoms with E-state index in [1.807, 2.05) is 38.1 Å². The Kier molecular flexibility index (Phi) is 4.38. The molecule has 1 aliphatic carbocycles. The summed E-state index contributed by atoms with van der Waals surface area (Å²) in [6.07, 6.45) is 3.44. The molecule has 2 N–H and O–H groups in total. The minimum atomic E-state index is -0.889. The van der Waals surface area contributed by atoms with Gasteiger partial charge in [-0.05, 0) is 50.3 Å². The van der Waals surface area contributed by atoms with Gasteiger partial charge in [0.05, 0.1) is 29.6 Å². The molecule has 0 unspecified atom stereocenters. The number of benzene rings is 1. The van der Waals surface area contributed by atoms with Crippen molar-refractivity contribution in [2.24, 2.45) is 5.92 Å². The zero-order chi connectivity index (χ0) is 17.3. The van der Waals surface area contributed by atoms with E-state index in [2.05, 4.69) is 10.4 Å². The number of nitrogens with zero attached hydrogens (tertiary/aromatic N) is 2. The Bertz CT molecular complexity index is 778. The number of carboxylic acids is 1. The van der Waals surface area contributed by atoms with E-state index >= 15 is 0 Å². The number of carbonyl (C=O) groups excluding carboxylic acids is 1. The molecule has 6 heteroatoms. The van der Waals surface area contributed by atoms with Gasteiger partial charge in [-0.1, -0.05) is 12.1 Å². The number of rotatable bonds is 6. The lowest BCUT2D eigenvalue weighted by Crippen LogP contribution is -2.38. The normalized spacial score (nSPS) is 15.1. The van der Waals surface area contributed by atoms with E-state index in [0.29, 0.717) is 5.56 Å². The van der Waals surface area contributed by atoms with Crippen molar-refractivity contribution in [1.29, 1.82) is 0 Å². The van der Waals surface area contributed by atoms with Gasteiger partial charge in [0, 0.05) is 6.04 Å². The maximum absolute atomic E-state index is 12.5. The summed E-state index contributed by atoms with van der Waals surface area (Å²) in [5.74, 6) is -0.874. The molecule has 0 bridgehead atoms. The van der Waals surface area contributed by atoms with Crippen LogP contribution in [0.2, 0.25) is 0 Å². The quantitative estimate of drug-likeness (QED) is 0.853. The van der Waals surface area contributed by atoms with Gasteiger partial charge >= 0.3 is 5.97 Å². The van der Waals surface area contributed by atoms with Crippen LogP contribution in [0.3, 0.4) is 0 Å². The van der Waals surface area contributed by atoms with E-state index in [1.165, 1.54) is 6.20 Å². The van der Waals surface area contributed by atoms with Crippen molar-refractivity contribution in [3.63, 3.8) is 0 Å². The van der Waals surface area contributed by atoms with Gasteiger partial charge in [0.15, 0.2) is 0 Å². The largest absolute Gasteiger partial charge is 0.481 e. The van der Waals surface area contributed by atoms with Gasteiger partial charge in [-0.15, -0.1) is 0 Å². The fraction of sp³-hybridized carbons (Fsp3) is 0.389. The summed E-state index contributed by atoms with van der Waals surface area (Å²) in [6.45, 7) is 3.84. The molecule has 126 valence electrons. The Hall–Kier alpha value is -2.63. The average molecular weight is 327 g/mol. The Labute approximate surface area is 140 Å². The van der Waals surface area contributed by atoms with Gasteiger partial charge in [-0.2, -0.15) is 5.10 Å².